The molecule has 0 aromatic heterocycles. The van der Waals surface area contributed by atoms with E-state index in [1.54, 1.807) is 0 Å². The van der Waals surface area contributed by atoms with Crippen molar-refractivity contribution in [2.45, 2.75) is 53.6 Å². The van der Waals surface area contributed by atoms with Crippen LogP contribution in [-0.2, 0) is 11.2 Å². The molecule has 1 atom stereocenters. The summed E-state index contributed by atoms with van der Waals surface area (Å²) in [6, 6.07) is 12.1. The van der Waals surface area contributed by atoms with Crippen molar-refractivity contribution in [3.05, 3.63) is 58.7 Å². The first-order valence-electron chi connectivity index (χ1n) is 8.58. The molecule has 0 spiro atoms. The molecule has 0 heterocycles. The van der Waals surface area contributed by atoms with Gasteiger partial charge in [0.25, 0.3) is 5.91 Å². The highest BCUT2D eigenvalue weighted by molar-refractivity contribution is 5.95. The number of amides is 1. The van der Waals surface area contributed by atoms with E-state index in [9.17, 15) is 4.79 Å². The predicted molar refractivity (Wildman–Crippen MR) is 99.8 cm³/mol. The van der Waals surface area contributed by atoms with Gasteiger partial charge in [-0.2, -0.15) is 0 Å². The van der Waals surface area contributed by atoms with Crippen LogP contribution in [0.3, 0.4) is 0 Å². The van der Waals surface area contributed by atoms with Gasteiger partial charge >= 0.3 is 0 Å². The molecule has 0 bridgehead atoms. The molecule has 24 heavy (non-hydrogen) atoms. The zero-order valence-electron chi connectivity index (χ0n) is 15.3. The van der Waals surface area contributed by atoms with Gasteiger partial charge in [0.05, 0.1) is 0 Å². The molecule has 0 aliphatic heterocycles. The summed E-state index contributed by atoms with van der Waals surface area (Å²) in [4.78, 5) is 12.7. The van der Waals surface area contributed by atoms with Gasteiger partial charge in [0, 0.05) is 5.69 Å². The average Bonchev–Trinajstić information content (AvgIpc) is 2.53. The SMILES string of the molecule is CCc1cccc(C)c1NC(=O)C(CC)Oc1cc(C)cc(C)c1. The van der Waals surface area contributed by atoms with Crippen molar-refractivity contribution in [1.29, 1.82) is 0 Å². The fourth-order valence-corrected chi connectivity index (χ4v) is 2.89. The van der Waals surface area contributed by atoms with Crippen LogP contribution in [0.15, 0.2) is 36.4 Å². The number of hydrogen-bond acceptors (Lipinski definition) is 2. The zero-order valence-corrected chi connectivity index (χ0v) is 15.3. The van der Waals surface area contributed by atoms with E-state index >= 15 is 0 Å². The van der Waals surface area contributed by atoms with Crippen LogP contribution in [0.5, 0.6) is 5.75 Å². The molecule has 1 unspecified atom stereocenters. The normalized spacial score (nSPS) is 11.9. The molecule has 3 nitrogen and oxygen atoms in total. The van der Waals surface area contributed by atoms with Gasteiger partial charge in [-0.15, -0.1) is 0 Å². The zero-order chi connectivity index (χ0) is 17.7. The largest absolute Gasteiger partial charge is 0.481 e. The van der Waals surface area contributed by atoms with E-state index in [1.807, 2.05) is 58.0 Å². The lowest BCUT2D eigenvalue weighted by Crippen LogP contribution is -2.33. The van der Waals surface area contributed by atoms with Crippen LogP contribution < -0.4 is 10.1 Å². The number of carbonyl (C=O) groups is 1. The molecule has 2 rings (SSSR count). The van der Waals surface area contributed by atoms with E-state index in [4.69, 9.17) is 4.74 Å². The predicted octanol–water partition coefficient (Wildman–Crippen LogP) is 4.97. The smallest absolute Gasteiger partial charge is 0.265 e. The van der Waals surface area contributed by atoms with Crippen molar-refractivity contribution in [2.75, 3.05) is 5.32 Å². The lowest BCUT2D eigenvalue weighted by atomic mass is 10.1. The summed E-state index contributed by atoms with van der Waals surface area (Å²) < 4.78 is 5.96. The number of nitrogens with one attached hydrogen (secondary N) is 1. The first-order valence-corrected chi connectivity index (χ1v) is 8.58. The molecule has 0 saturated heterocycles. The molecule has 0 aliphatic carbocycles. The molecule has 2 aromatic carbocycles. The number of benzene rings is 2. The van der Waals surface area contributed by atoms with Crippen LogP contribution in [0.25, 0.3) is 0 Å². The number of aryl methyl sites for hydroxylation is 4. The summed E-state index contributed by atoms with van der Waals surface area (Å²) in [7, 11) is 0. The quantitative estimate of drug-likeness (QED) is 0.814. The van der Waals surface area contributed by atoms with E-state index < -0.39 is 6.10 Å². The Balaban J connectivity index is 2.17. The van der Waals surface area contributed by atoms with Gasteiger partial charge in [0.15, 0.2) is 6.10 Å². The fourth-order valence-electron chi connectivity index (χ4n) is 2.89. The Morgan fingerprint density at radius 2 is 1.75 bits per heavy atom. The molecule has 0 fully saturated rings. The highest BCUT2D eigenvalue weighted by Crippen LogP contribution is 2.23. The maximum absolute atomic E-state index is 12.7. The number of carbonyl (C=O) groups excluding carboxylic acids is 1. The number of para-hydroxylation sites is 1. The van der Waals surface area contributed by atoms with Gasteiger partial charge in [-0.3, -0.25) is 4.79 Å². The van der Waals surface area contributed by atoms with Crippen LogP contribution in [0.4, 0.5) is 5.69 Å². The lowest BCUT2D eigenvalue weighted by molar-refractivity contribution is -0.122. The van der Waals surface area contributed by atoms with Crippen LogP contribution >= 0.6 is 0 Å². The third kappa shape index (κ3) is 4.38. The van der Waals surface area contributed by atoms with Crippen molar-refractivity contribution in [2.24, 2.45) is 0 Å². The maximum atomic E-state index is 12.7. The second kappa shape index (κ2) is 8.00. The van der Waals surface area contributed by atoms with E-state index in [0.717, 1.165) is 40.1 Å². The Bertz CT molecular complexity index is 702. The van der Waals surface area contributed by atoms with Gasteiger partial charge < -0.3 is 10.1 Å². The summed E-state index contributed by atoms with van der Waals surface area (Å²) in [6.07, 6.45) is 0.994. The van der Waals surface area contributed by atoms with Crippen molar-refractivity contribution >= 4 is 11.6 Å². The monoisotopic (exact) mass is 325 g/mol. The Kier molecular flexibility index (Phi) is 6.02. The highest BCUT2D eigenvalue weighted by Gasteiger charge is 2.20. The van der Waals surface area contributed by atoms with Gasteiger partial charge in [0.2, 0.25) is 0 Å². The Morgan fingerprint density at radius 3 is 2.33 bits per heavy atom. The van der Waals surface area contributed by atoms with Crippen molar-refractivity contribution in [3.63, 3.8) is 0 Å². The topological polar surface area (TPSA) is 38.3 Å². The van der Waals surface area contributed by atoms with Crippen LogP contribution in [0.2, 0.25) is 0 Å². The number of hydrogen-bond donors (Lipinski definition) is 1. The van der Waals surface area contributed by atoms with Gasteiger partial charge in [-0.1, -0.05) is 38.1 Å². The van der Waals surface area contributed by atoms with E-state index in [2.05, 4.69) is 18.3 Å². The highest BCUT2D eigenvalue weighted by atomic mass is 16.5. The summed E-state index contributed by atoms with van der Waals surface area (Å²) in [5.41, 5.74) is 5.39. The van der Waals surface area contributed by atoms with Gasteiger partial charge in [-0.25, -0.2) is 0 Å². The summed E-state index contributed by atoms with van der Waals surface area (Å²) >= 11 is 0. The molecule has 0 saturated carbocycles. The van der Waals surface area contributed by atoms with Gasteiger partial charge in [0.1, 0.15) is 5.75 Å². The Labute approximate surface area is 145 Å². The second-order valence-electron chi connectivity index (χ2n) is 6.29. The third-order valence-electron chi connectivity index (χ3n) is 4.12. The van der Waals surface area contributed by atoms with E-state index in [0.29, 0.717) is 6.42 Å². The minimum atomic E-state index is -0.504. The van der Waals surface area contributed by atoms with E-state index in [-0.39, 0.29) is 5.91 Å². The van der Waals surface area contributed by atoms with Crippen molar-refractivity contribution in [3.8, 4) is 5.75 Å². The van der Waals surface area contributed by atoms with Crippen molar-refractivity contribution < 1.29 is 9.53 Å². The molecule has 1 amide bonds. The minimum absolute atomic E-state index is 0.0966. The van der Waals surface area contributed by atoms with E-state index in [1.165, 1.54) is 0 Å². The first-order chi connectivity index (χ1) is 11.4. The molecule has 128 valence electrons. The summed E-state index contributed by atoms with van der Waals surface area (Å²) in [5, 5.41) is 3.07. The van der Waals surface area contributed by atoms with Gasteiger partial charge in [-0.05, 0) is 68.0 Å². The van der Waals surface area contributed by atoms with Crippen molar-refractivity contribution in [1.82, 2.24) is 0 Å². The molecule has 3 heteroatoms. The third-order valence-corrected chi connectivity index (χ3v) is 4.12. The second-order valence-corrected chi connectivity index (χ2v) is 6.29. The lowest BCUT2D eigenvalue weighted by Gasteiger charge is -2.20. The number of rotatable bonds is 6. The molecular formula is C21H27NO2. The molecule has 2 aromatic rings. The molecular weight excluding hydrogens is 298 g/mol. The standard InChI is InChI=1S/C21H27NO2/c1-6-17-10-8-9-16(5)20(17)22-21(23)19(7-2)24-18-12-14(3)11-15(4)13-18/h8-13,19H,6-7H2,1-5H3,(H,22,23). The number of ether oxygens (including phenoxy) is 1. The Morgan fingerprint density at radius 1 is 1.08 bits per heavy atom. The average molecular weight is 325 g/mol. The number of anilines is 1. The molecule has 1 N–H and O–H groups in total. The van der Waals surface area contributed by atoms with Crippen LogP contribution in [0, 0.1) is 20.8 Å². The minimum Gasteiger partial charge on any atom is -0.481 e. The van der Waals surface area contributed by atoms with Crippen LogP contribution in [-0.4, -0.2) is 12.0 Å². The molecule has 0 radical (unpaired) electrons. The maximum Gasteiger partial charge on any atom is 0.265 e. The Hall–Kier alpha value is -2.29. The summed E-state index contributed by atoms with van der Waals surface area (Å²) in [5.74, 6) is 0.649. The molecule has 0 aliphatic rings. The fraction of sp³-hybridized carbons (Fsp3) is 0.381. The summed E-state index contributed by atoms with van der Waals surface area (Å²) in [6.45, 7) is 10.1. The first kappa shape index (κ1) is 18.1. The van der Waals surface area contributed by atoms with Crippen LogP contribution in [0.1, 0.15) is 42.5 Å².